The van der Waals surface area contributed by atoms with Crippen molar-refractivity contribution in [2.75, 3.05) is 6.54 Å². The number of nitrogens with two attached hydrogens (primary N) is 1. The van der Waals surface area contributed by atoms with Crippen molar-refractivity contribution in [3.05, 3.63) is 29.1 Å². The van der Waals surface area contributed by atoms with Crippen molar-refractivity contribution >= 4 is 15.9 Å². The van der Waals surface area contributed by atoms with Crippen LogP contribution in [0.15, 0.2) is 17.0 Å². The van der Waals surface area contributed by atoms with Crippen molar-refractivity contribution in [1.29, 1.82) is 0 Å². The van der Waals surface area contributed by atoms with E-state index in [0.717, 1.165) is 30.9 Å². The molecular weight excluding hydrogens is 295 g/mol. The maximum absolute atomic E-state index is 13.5. The van der Waals surface area contributed by atoms with Crippen LogP contribution in [0.25, 0.3) is 0 Å². The van der Waals surface area contributed by atoms with E-state index in [-0.39, 0.29) is 16.0 Å². The van der Waals surface area contributed by atoms with Crippen LogP contribution in [0, 0.1) is 18.7 Å². The quantitative estimate of drug-likeness (QED) is 0.783. The van der Waals surface area contributed by atoms with Gasteiger partial charge in [-0.15, -0.1) is 0 Å². The molecule has 0 bridgehead atoms. The van der Waals surface area contributed by atoms with Crippen molar-refractivity contribution in [1.82, 2.24) is 5.32 Å². The molecule has 3 N–H and O–H groups in total. The Kier molecular flexibility index (Phi) is 4.63. The molecule has 1 saturated carbocycles. The van der Waals surface area contributed by atoms with E-state index in [1.807, 2.05) is 0 Å². The molecule has 1 fully saturated rings. The number of sulfonamides is 1. The summed E-state index contributed by atoms with van der Waals surface area (Å²) in [6.07, 6.45) is 4.46. The van der Waals surface area contributed by atoms with Gasteiger partial charge in [-0.05, 0) is 43.4 Å². The third-order valence-corrected chi connectivity index (χ3v) is 4.68. The maximum atomic E-state index is 13.5. The number of nitrogens with one attached hydrogen (secondary N) is 1. The van der Waals surface area contributed by atoms with Gasteiger partial charge < -0.3 is 5.32 Å². The zero-order chi connectivity index (χ0) is 15.6. The van der Waals surface area contributed by atoms with E-state index < -0.39 is 21.7 Å². The Bertz CT molecular complexity index is 654. The maximum Gasteiger partial charge on any atom is 0.251 e. The van der Waals surface area contributed by atoms with Crippen LogP contribution >= 0.6 is 0 Å². The van der Waals surface area contributed by atoms with Gasteiger partial charge in [-0.3, -0.25) is 4.79 Å². The Balaban J connectivity index is 2.10. The Morgan fingerprint density at radius 3 is 2.67 bits per heavy atom. The normalized spacial score (nSPS) is 15.0. The van der Waals surface area contributed by atoms with Gasteiger partial charge in [0.2, 0.25) is 10.0 Å². The molecule has 0 saturated heterocycles. The fourth-order valence-electron chi connectivity index (χ4n) is 2.28. The van der Waals surface area contributed by atoms with E-state index in [0.29, 0.717) is 6.54 Å². The Morgan fingerprint density at radius 1 is 1.43 bits per heavy atom. The van der Waals surface area contributed by atoms with Crippen molar-refractivity contribution in [2.45, 2.75) is 37.5 Å². The van der Waals surface area contributed by atoms with E-state index in [4.69, 9.17) is 5.14 Å². The first-order chi connectivity index (χ1) is 9.79. The molecule has 0 radical (unpaired) electrons. The van der Waals surface area contributed by atoms with Crippen LogP contribution in [0.4, 0.5) is 4.39 Å². The number of carbonyl (C=O) groups excluding carboxylic acids is 1. The van der Waals surface area contributed by atoms with Crippen LogP contribution in [0.1, 0.15) is 41.6 Å². The predicted octanol–water partition coefficient (Wildman–Crippen LogP) is 1.70. The second-order valence-electron chi connectivity index (χ2n) is 5.46. The van der Waals surface area contributed by atoms with Crippen LogP contribution in [0.2, 0.25) is 0 Å². The van der Waals surface area contributed by atoms with Gasteiger partial charge in [0.25, 0.3) is 5.91 Å². The molecule has 0 atom stereocenters. The molecule has 1 aliphatic carbocycles. The lowest BCUT2D eigenvalue weighted by Gasteiger charge is -2.11. The highest BCUT2D eigenvalue weighted by molar-refractivity contribution is 7.89. The number of benzene rings is 1. The summed E-state index contributed by atoms with van der Waals surface area (Å²) in [5.74, 6) is -0.493. The standard InChI is InChI=1S/C14H19FN2O3S/c1-9-12(7-11(15)8-13(9)21(16,19)20)14(18)17-6-2-3-10-4-5-10/h7-8,10H,2-6H2,1H3,(H,17,18)(H2,16,19,20). The van der Waals surface area contributed by atoms with Crippen molar-refractivity contribution in [2.24, 2.45) is 11.1 Å². The first-order valence-electron chi connectivity index (χ1n) is 6.90. The van der Waals surface area contributed by atoms with Crippen LogP contribution in [0.5, 0.6) is 0 Å². The summed E-state index contributed by atoms with van der Waals surface area (Å²) in [6.45, 7) is 1.94. The zero-order valence-corrected chi connectivity index (χ0v) is 12.7. The molecule has 1 amide bonds. The SMILES string of the molecule is Cc1c(C(=O)NCCCC2CC2)cc(F)cc1S(N)(=O)=O. The largest absolute Gasteiger partial charge is 0.352 e. The first kappa shape index (κ1) is 15.9. The minimum atomic E-state index is -4.06. The number of primary sulfonamides is 1. The molecule has 0 unspecified atom stereocenters. The zero-order valence-electron chi connectivity index (χ0n) is 11.9. The van der Waals surface area contributed by atoms with Gasteiger partial charge in [0.15, 0.2) is 0 Å². The van der Waals surface area contributed by atoms with Crippen LogP contribution in [0.3, 0.4) is 0 Å². The number of rotatable bonds is 6. The molecule has 116 valence electrons. The van der Waals surface area contributed by atoms with Crippen LogP contribution in [-0.4, -0.2) is 20.9 Å². The molecule has 1 aromatic carbocycles. The second-order valence-corrected chi connectivity index (χ2v) is 6.99. The molecular formula is C14H19FN2O3S. The van der Waals surface area contributed by atoms with Crippen molar-refractivity contribution in [3.8, 4) is 0 Å². The Labute approximate surface area is 123 Å². The summed E-state index contributed by atoms with van der Waals surface area (Å²) < 4.78 is 36.3. The summed E-state index contributed by atoms with van der Waals surface area (Å²) in [5, 5.41) is 7.72. The summed E-state index contributed by atoms with van der Waals surface area (Å²) >= 11 is 0. The smallest absolute Gasteiger partial charge is 0.251 e. The number of halogens is 1. The number of hydrogen-bond donors (Lipinski definition) is 2. The molecule has 0 aliphatic heterocycles. The average molecular weight is 314 g/mol. The fraction of sp³-hybridized carbons (Fsp3) is 0.500. The Hall–Kier alpha value is -1.47. The molecule has 0 spiro atoms. The number of amides is 1. The lowest BCUT2D eigenvalue weighted by atomic mass is 10.1. The molecule has 1 aromatic rings. The third-order valence-electron chi connectivity index (χ3n) is 3.65. The predicted molar refractivity (Wildman–Crippen MR) is 76.8 cm³/mol. The lowest BCUT2D eigenvalue weighted by molar-refractivity contribution is 0.0951. The van der Waals surface area contributed by atoms with E-state index >= 15 is 0 Å². The van der Waals surface area contributed by atoms with Gasteiger partial charge in [0, 0.05) is 12.1 Å². The van der Waals surface area contributed by atoms with Crippen molar-refractivity contribution < 1.29 is 17.6 Å². The molecule has 7 heteroatoms. The fourth-order valence-corrected chi connectivity index (χ4v) is 3.09. The molecule has 5 nitrogen and oxygen atoms in total. The van der Waals surface area contributed by atoms with E-state index in [1.165, 1.54) is 19.8 Å². The highest BCUT2D eigenvalue weighted by Gasteiger charge is 2.21. The van der Waals surface area contributed by atoms with Crippen LogP contribution in [-0.2, 0) is 10.0 Å². The average Bonchev–Trinajstić information content (AvgIpc) is 3.19. The molecule has 0 heterocycles. The molecule has 2 rings (SSSR count). The number of carbonyl (C=O) groups is 1. The first-order valence-corrected chi connectivity index (χ1v) is 8.45. The molecule has 21 heavy (non-hydrogen) atoms. The summed E-state index contributed by atoms with van der Waals surface area (Å²) in [7, 11) is -4.06. The van der Waals surface area contributed by atoms with Gasteiger partial charge in [-0.1, -0.05) is 12.8 Å². The monoisotopic (exact) mass is 314 g/mol. The van der Waals surface area contributed by atoms with Gasteiger partial charge >= 0.3 is 0 Å². The van der Waals surface area contributed by atoms with Gasteiger partial charge in [-0.2, -0.15) is 0 Å². The summed E-state index contributed by atoms with van der Waals surface area (Å²) in [5.41, 5.74) is 0.170. The third kappa shape index (κ3) is 4.25. The highest BCUT2D eigenvalue weighted by Crippen LogP contribution is 2.33. The molecule has 0 aromatic heterocycles. The van der Waals surface area contributed by atoms with Gasteiger partial charge in [-0.25, -0.2) is 17.9 Å². The van der Waals surface area contributed by atoms with E-state index in [9.17, 15) is 17.6 Å². The van der Waals surface area contributed by atoms with E-state index in [2.05, 4.69) is 5.32 Å². The Morgan fingerprint density at radius 2 is 2.10 bits per heavy atom. The van der Waals surface area contributed by atoms with Crippen molar-refractivity contribution in [3.63, 3.8) is 0 Å². The topological polar surface area (TPSA) is 89.3 Å². The highest BCUT2D eigenvalue weighted by atomic mass is 32.2. The van der Waals surface area contributed by atoms with Gasteiger partial charge in [0.05, 0.1) is 4.90 Å². The summed E-state index contributed by atoms with van der Waals surface area (Å²) in [4.78, 5) is 11.7. The minimum absolute atomic E-state index is 0.00504. The second kappa shape index (κ2) is 6.11. The number of hydrogen-bond acceptors (Lipinski definition) is 3. The minimum Gasteiger partial charge on any atom is -0.352 e. The summed E-state index contributed by atoms with van der Waals surface area (Å²) in [6, 6.07) is 1.86. The van der Waals surface area contributed by atoms with Gasteiger partial charge in [0.1, 0.15) is 5.82 Å². The molecule has 1 aliphatic rings. The lowest BCUT2D eigenvalue weighted by Crippen LogP contribution is -2.26. The van der Waals surface area contributed by atoms with Crippen LogP contribution < -0.4 is 10.5 Å². The van der Waals surface area contributed by atoms with E-state index in [1.54, 1.807) is 0 Å².